The lowest BCUT2D eigenvalue weighted by Gasteiger charge is -2.20. The SMILES string of the molecule is Cc1nc(C)c(C(=O)N(CCCN(C)C)c2nc3c(C)ccc(C)c3s2)s1.Cl. The lowest BCUT2D eigenvalue weighted by atomic mass is 10.1. The summed E-state index contributed by atoms with van der Waals surface area (Å²) in [7, 11) is 4.10. The summed E-state index contributed by atoms with van der Waals surface area (Å²) in [6.45, 7) is 9.58. The van der Waals surface area contributed by atoms with E-state index in [0.717, 1.165) is 44.6 Å². The molecular weight excluding hydrogens is 412 g/mol. The molecule has 0 N–H and O–H groups in total. The van der Waals surface area contributed by atoms with Crippen molar-refractivity contribution in [1.82, 2.24) is 14.9 Å². The Labute approximate surface area is 180 Å². The lowest BCUT2D eigenvalue weighted by molar-refractivity contribution is 0.0989. The van der Waals surface area contributed by atoms with Crippen LogP contribution in [0.2, 0.25) is 0 Å². The molecule has 0 aliphatic carbocycles. The van der Waals surface area contributed by atoms with Gasteiger partial charge in [0.15, 0.2) is 5.13 Å². The first-order chi connectivity index (χ1) is 12.8. The lowest BCUT2D eigenvalue weighted by Crippen LogP contribution is -2.33. The van der Waals surface area contributed by atoms with Crippen LogP contribution in [0.25, 0.3) is 10.2 Å². The van der Waals surface area contributed by atoms with E-state index in [4.69, 9.17) is 4.98 Å². The predicted octanol–water partition coefficient (Wildman–Crippen LogP) is 5.01. The minimum atomic E-state index is 0. The molecule has 1 amide bonds. The molecule has 5 nitrogen and oxygen atoms in total. The Kier molecular flexibility index (Phi) is 7.56. The quantitative estimate of drug-likeness (QED) is 0.543. The molecule has 0 saturated carbocycles. The number of aryl methyl sites for hydroxylation is 4. The van der Waals surface area contributed by atoms with E-state index in [9.17, 15) is 4.79 Å². The molecule has 1 aromatic carbocycles. The summed E-state index contributed by atoms with van der Waals surface area (Å²) in [5.74, 6) is 0.00576. The smallest absolute Gasteiger partial charge is 0.272 e. The number of aromatic nitrogens is 2. The Morgan fingerprint density at radius 1 is 1.00 bits per heavy atom. The van der Waals surface area contributed by atoms with Gasteiger partial charge in [0.05, 0.1) is 20.9 Å². The van der Waals surface area contributed by atoms with E-state index in [1.807, 2.05) is 32.8 Å². The monoisotopic (exact) mass is 438 g/mol. The first kappa shape index (κ1) is 22.7. The third kappa shape index (κ3) is 4.71. The van der Waals surface area contributed by atoms with Crippen LogP contribution >= 0.6 is 35.1 Å². The average Bonchev–Trinajstić information content (AvgIpc) is 3.18. The van der Waals surface area contributed by atoms with E-state index < -0.39 is 0 Å². The third-order valence-electron chi connectivity index (χ3n) is 4.49. The maximum absolute atomic E-state index is 13.4. The molecule has 0 aliphatic rings. The summed E-state index contributed by atoms with van der Waals surface area (Å²) in [4.78, 5) is 27.3. The second-order valence-electron chi connectivity index (χ2n) is 7.13. The summed E-state index contributed by atoms with van der Waals surface area (Å²) >= 11 is 3.07. The predicted molar refractivity (Wildman–Crippen MR) is 123 cm³/mol. The van der Waals surface area contributed by atoms with Crippen LogP contribution in [0.4, 0.5) is 5.13 Å². The largest absolute Gasteiger partial charge is 0.309 e. The van der Waals surface area contributed by atoms with Gasteiger partial charge in [0.1, 0.15) is 4.88 Å². The maximum Gasteiger partial charge on any atom is 0.272 e. The van der Waals surface area contributed by atoms with Crippen molar-refractivity contribution in [3.63, 3.8) is 0 Å². The molecule has 2 aromatic heterocycles. The van der Waals surface area contributed by atoms with Crippen molar-refractivity contribution >= 4 is 56.3 Å². The van der Waals surface area contributed by atoms with Crippen molar-refractivity contribution in [2.45, 2.75) is 34.1 Å². The number of thiazole rings is 2. The van der Waals surface area contributed by atoms with Crippen LogP contribution in [0.15, 0.2) is 12.1 Å². The summed E-state index contributed by atoms with van der Waals surface area (Å²) < 4.78 is 1.16. The van der Waals surface area contributed by atoms with Crippen molar-refractivity contribution in [2.24, 2.45) is 0 Å². The molecule has 0 fully saturated rings. The first-order valence-electron chi connectivity index (χ1n) is 9.05. The Morgan fingerprint density at radius 2 is 1.68 bits per heavy atom. The molecular formula is C20H27ClN4OS2. The molecule has 0 radical (unpaired) electrons. The molecule has 0 atom stereocenters. The zero-order valence-corrected chi connectivity index (χ0v) is 19.6. The van der Waals surface area contributed by atoms with Crippen molar-refractivity contribution < 1.29 is 4.79 Å². The molecule has 8 heteroatoms. The fourth-order valence-corrected chi connectivity index (χ4v) is 5.05. The van der Waals surface area contributed by atoms with E-state index >= 15 is 0 Å². The number of amides is 1. The number of hydrogen-bond acceptors (Lipinski definition) is 6. The van der Waals surface area contributed by atoms with Gasteiger partial charge in [-0.3, -0.25) is 9.69 Å². The van der Waals surface area contributed by atoms with Crippen LogP contribution in [-0.4, -0.2) is 48.0 Å². The van der Waals surface area contributed by atoms with E-state index in [1.54, 1.807) is 11.3 Å². The number of nitrogens with zero attached hydrogens (tertiary/aromatic N) is 4. The van der Waals surface area contributed by atoms with E-state index in [1.165, 1.54) is 16.9 Å². The molecule has 2 heterocycles. The summed E-state index contributed by atoms with van der Waals surface area (Å²) in [6, 6.07) is 4.21. The highest BCUT2D eigenvalue weighted by molar-refractivity contribution is 7.22. The minimum Gasteiger partial charge on any atom is -0.309 e. The zero-order valence-electron chi connectivity index (χ0n) is 17.2. The minimum absolute atomic E-state index is 0. The fourth-order valence-electron chi connectivity index (χ4n) is 3.04. The van der Waals surface area contributed by atoms with Gasteiger partial charge in [-0.05, 0) is 65.9 Å². The van der Waals surface area contributed by atoms with Gasteiger partial charge in [-0.2, -0.15) is 0 Å². The summed E-state index contributed by atoms with van der Waals surface area (Å²) in [5, 5.41) is 1.69. The fraction of sp³-hybridized carbons (Fsp3) is 0.450. The molecule has 0 aliphatic heterocycles. The molecule has 0 bridgehead atoms. The number of anilines is 1. The Morgan fingerprint density at radius 3 is 2.25 bits per heavy atom. The second-order valence-corrected chi connectivity index (χ2v) is 9.32. The second kappa shape index (κ2) is 9.31. The van der Waals surface area contributed by atoms with E-state index in [0.29, 0.717) is 11.4 Å². The number of benzene rings is 1. The van der Waals surface area contributed by atoms with Gasteiger partial charge >= 0.3 is 0 Å². The molecule has 3 aromatic rings. The summed E-state index contributed by atoms with van der Waals surface area (Å²) in [6.07, 6.45) is 0.892. The van der Waals surface area contributed by atoms with Gasteiger partial charge in [0.25, 0.3) is 5.91 Å². The molecule has 0 spiro atoms. The van der Waals surface area contributed by atoms with Crippen molar-refractivity contribution in [1.29, 1.82) is 0 Å². The molecule has 28 heavy (non-hydrogen) atoms. The highest BCUT2D eigenvalue weighted by Gasteiger charge is 2.25. The van der Waals surface area contributed by atoms with Crippen LogP contribution in [0.5, 0.6) is 0 Å². The van der Waals surface area contributed by atoms with Gasteiger partial charge in [0, 0.05) is 6.54 Å². The number of carbonyl (C=O) groups is 1. The highest BCUT2D eigenvalue weighted by Crippen LogP contribution is 2.34. The Bertz CT molecular complexity index is 941. The van der Waals surface area contributed by atoms with E-state index in [2.05, 4.69) is 35.9 Å². The topological polar surface area (TPSA) is 49.3 Å². The summed E-state index contributed by atoms with van der Waals surface area (Å²) in [5.41, 5.74) is 4.14. The van der Waals surface area contributed by atoms with Gasteiger partial charge in [0.2, 0.25) is 0 Å². The standard InChI is InChI=1S/C20H26N4OS2.ClH/c1-12-8-9-13(2)17-16(12)22-20(27-17)24(11-7-10-23(5)6)19(25)18-14(3)21-15(4)26-18;/h8-9H,7,10-11H2,1-6H3;1H. The van der Waals surface area contributed by atoms with Gasteiger partial charge < -0.3 is 4.90 Å². The van der Waals surface area contributed by atoms with Crippen LogP contribution in [0, 0.1) is 27.7 Å². The highest BCUT2D eigenvalue weighted by atomic mass is 35.5. The third-order valence-corrected chi connectivity index (χ3v) is 6.77. The molecule has 152 valence electrons. The molecule has 0 saturated heterocycles. The number of carbonyl (C=O) groups excluding carboxylic acids is 1. The maximum atomic E-state index is 13.4. The Hall–Kier alpha value is -1.54. The molecule has 3 rings (SSSR count). The molecule has 0 unspecified atom stereocenters. The number of rotatable bonds is 6. The van der Waals surface area contributed by atoms with Gasteiger partial charge in [-0.15, -0.1) is 23.7 Å². The normalized spacial score (nSPS) is 11.1. The average molecular weight is 439 g/mol. The number of fused-ring (bicyclic) bond motifs is 1. The van der Waals surface area contributed by atoms with Crippen LogP contribution in [0.3, 0.4) is 0 Å². The van der Waals surface area contributed by atoms with Crippen molar-refractivity contribution in [3.05, 3.63) is 38.8 Å². The number of halogens is 1. The zero-order chi connectivity index (χ0) is 19.7. The van der Waals surface area contributed by atoms with Crippen LogP contribution in [-0.2, 0) is 0 Å². The van der Waals surface area contributed by atoms with Crippen LogP contribution in [0.1, 0.15) is 37.9 Å². The number of hydrogen-bond donors (Lipinski definition) is 0. The van der Waals surface area contributed by atoms with Crippen molar-refractivity contribution in [3.8, 4) is 0 Å². The van der Waals surface area contributed by atoms with E-state index in [-0.39, 0.29) is 18.3 Å². The van der Waals surface area contributed by atoms with Gasteiger partial charge in [-0.25, -0.2) is 9.97 Å². The first-order valence-corrected chi connectivity index (χ1v) is 10.7. The van der Waals surface area contributed by atoms with Crippen molar-refractivity contribution in [2.75, 3.05) is 32.1 Å². The Balaban J connectivity index is 0.00000280. The van der Waals surface area contributed by atoms with Crippen LogP contribution < -0.4 is 4.90 Å². The van der Waals surface area contributed by atoms with Gasteiger partial charge in [-0.1, -0.05) is 23.5 Å².